The van der Waals surface area contributed by atoms with Crippen molar-refractivity contribution in [3.63, 3.8) is 0 Å². The summed E-state index contributed by atoms with van der Waals surface area (Å²) in [5.74, 6) is -0.500. The number of ether oxygens (including phenoxy) is 2. The second-order valence-corrected chi connectivity index (χ2v) is 20.4. The number of nitrogens with one attached hydrogen (secondary N) is 2. The van der Waals surface area contributed by atoms with E-state index >= 15 is 0 Å². The fourth-order valence-electron chi connectivity index (χ4n) is 8.24. The number of Topliss-reactive ketones (excluding diaryl/α,β-unsaturated/α-hetero) is 1. The quantitative estimate of drug-likeness (QED) is 0.0196. The molecule has 0 saturated carbocycles. The molecule has 0 spiro atoms. The molecule has 0 aromatic carbocycles. The summed E-state index contributed by atoms with van der Waals surface area (Å²) in [6, 6.07) is 0.0615. The monoisotopic (exact) mass is 918 g/mol. The first-order valence-electron chi connectivity index (χ1n) is 25.0. The highest BCUT2D eigenvalue weighted by Crippen LogP contribution is 2.45. The number of unbranched alkanes of at least 4 members (excludes halogenated alkanes) is 25. The van der Waals surface area contributed by atoms with Gasteiger partial charge in [0.15, 0.2) is 11.9 Å². The number of thioether (sulfide) groups is 1. The molecule has 6 atom stereocenters. The average molecular weight is 918 g/mol. The number of amides is 2. The number of fused-ring (bicyclic) bond motifs is 1. The Morgan fingerprint density at radius 1 is 0.677 bits per heavy atom. The van der Waals surface area contributed by atoms with Gasteiger partial charge in [0.1, 0.15) is 12.7 Å². The van der Waals surface area contributed by atoms with Gasteiger partial charge < -0.3 is 30.7 Å². The first-order chi connectivity index (χ1) is 30.1. The number of hydrogen-bond donors (Lipinski definition) is 4. The topological polar surface area (TPSA) is 193 Å². The summed E-state index contributed by atoms with van der Waals surface area (Å²) in [5, 5.41) is 6.14. The lowest BCUT2D eigenvalue weighted by atomic mass is 10.0. The summed E-state index contributed by atoms with van der Waals surface area (Å²) in [5.41, 5.74) is 5.78. The molecule has 15 heteroatoms. The lowest BCUT2D eigenvalue weighted by molar-refractivity contribution is -0.161. The van der Waals surface area contributed by atoms with Crippen molar-refractivity contribution in [1.29, 1.82) is 0 Å². The van der Waals surface area contributed by atoms with Crippen LogP contribution in [-0.4, -0.2) is 83.7 Å². The summed E-state index contributed by atoms with van der Waals surface area (Å²) in [6.07, 6.45) is 31.0. The largest absolute Gasteiger partial charge is 0.473 e. The van der Waals surface area contributed by atoms with Gasteiger partial charge in [0.2, 0.25) is 0 Å². The van der Waals surface area contributed by atoms with Crippen molar-refractivity contribution in [1.82, 2.24) is 10.6 Å². The van der Waals surface area contributed by atoms with E-state index in [0.717, 1.165) is 57.1 Å². The fraction of sp³-hybridized carbons (Fsp3) is 0.915. The van der Waals surface area contributed by atoms with Gasteiger partial charge in [0.25, 0.3) is 0 Å². The van der Waals surface area contributed by atoms with E-state index in [1.54, 1.807) is 11.8 Å². The Morgan fingerprint density at radius 3 is 1.65 bits per heavy atom. The molecule has 2 aliphatic rings. The summed E-state index contributed by atoms with van der Waals surface area (Å²) in [6.45, 7) is 3.26. The predicted molar refractivity (Wildman–Crippen MR) is 250 cm³/mol. The van der Waals surface area contributed by atoms with Gasteiger partial charge in [0, 0.05) is 36.8 Å². The van der Waals surface area contributed by atoms with E-state index in [9.17, 15) is 28.6 Å². The molecular formula is C47H88N3O10PS. The SMILES string of the molecule is CCCCCCCCCCCCCCCC(=O)OC[C@H](COP(=O)(O)OC(CN)C(=O)CCCC[C@@H]1SC[C@@H]2NC(=O)N[C@@H]21)OC(=O)CCCCCCCCCCCCCCC. The summed E-state index contributed by atoms with van der Waals surface area (Å²) in [7, 11) is -4.82. The highest BCUT2D eigenvalue weighted by atomic mass is 32.2. The highest BCUT2D eigenvalue weighted by molar-refractivity contribution is 8.00. The molecule has 362 valence electrons. The van der Waals surface area contributed by atoms with Crippen LogP contribution in [0.15, 0.2) is 0 Å². The Labute approximate surface area is 380 Å². The molecule has 0 aromatic heterocycles. The molecule has 0 aliphatic carbocycles. The number of carbonyl (C=O) groups is 4. The van der Waals surface area contributed by atoms with Gasteiger partial charge in [0.05, 0.1) is 18.7 Å². The van der Waals surface area contributed by atoms with E-state index in [2.05, 4.69) is 24.5 Å². The van der Waals surface area contributed by atoms with Crippen molar-refractivity contribution < 1.29 is 47.2 Å². The third kappa shape index (κ3) is 28.3. The van der Waals surface area contributed by atoms with Crippen LogP contribution in [0, 0.1) is 0 Å². The van der Waals surface area contributed by atoms with Gasteiger partial charge in [-0.2, -0.15) is 11.8 Å². The number of esters is 2. The molecule has 2 fully saturated rings. The van der Waals surface area contributed by atoms with Crippen molar-refractivity contribution in [2.24, 2.45) is 5.73 Å². The third-order valence-corrected chi connectivity index (χ3v) is 14.6. The number of urea groups is 1. The Hall–Kier alpha value is -1.70. The number of ketones is 1. The number of hydrogen-bond acceptors (Lipinski definition) is 11. The number of rotatable bonds is 43. The molecule has 0 bridgehead atoms. The Kier molecular flexibility index (Phi) is 33.2. The summed E-state index contributed by atoms with van der Waals surface area (Å²) < 4.78 is 34.5. The lowest BCUT2D eigenvalue weighted by Gasteiger charge is -2.22. The Morgan fingerprint density at radius 2 is 1.15 bits per heavy atom. The zero-order valence-electron chi connectivity index (χ0n) is 38.9. The first-order valence-corrected chi connectivity index (χ1v) is 27.5. The molecule has 2 rings (SSSR count). The van der Waals surface area contributed by atoms with Crippen molar-refractivity contribution in [2.75, 3.05) is 25.5 Å². The second-order valence-electron chi connectivity index (χ2n) is 17.7. The molecule has 5 N–H and O–H groups in total. The van der Waals surface area contributed by atoms with Gasteiger partial charge >= 0.3 is 25.8 Å². The zero-order valence-corrected chi connectivity index (χ0v) is 40.6. The smallest absolute Gasteiger partial charge is 0.462 e. The molecule has 2 saturated heterocycles. The van der Waals surface area contributed by atoms with E-state index in [1.165, 1.54) is 116 Å². The summed E-state index contributed by atoms with van der Waals surface area (Å²) >= 11 is 1.80. The van der Waals surface area contributed by atoms with Gasteiger partial charge in [-0.25, -0.2) is 9.36 Å². The van der Waals surface area contributed by atoms with Crippen molar-refractivity contribution in [3.05, 3.63) is 0 Å². The van der Waals surface area contributed by atoms with Gasteiger partial charge in [-0.05, 0) is 25.7 Å². The van der Waals surface area contributed by atoms with Crippen LogP contribution < -0.4 is 16.4 Å². The maximum absolute atomic E-state index is 13.0. The molecule has 2 unspecified atom stereocenters. The highest BCUT2D eigenvalue weighted by Gasteiger charge is 2.42. The molecule has 2 aliphatic heterocycles. The van der Waals surface area contributed by atoms with Crippen LogP contribution in [0.25, 0.3) is 0 Å². The molecule has 13 nitrogen and oxygen atoms in total. The van der Waals surface area contributed by atoms with Crippen molar-refractivity contribution >= 4 is 43.3 Å². The summed E-state index contributed by atoms with van der Waals surface area (Å²) in [4.78, 5) is 60.7. The Balaban J connectivity index is 1.73. The van der Waals surface area contributed by atoms with Gasteiger partial charge in [-0.15, -0.1) is 0 Å². The molecule has 0 aromatic rings. The first kappa shape index (κ1) is 56.4. The number of phosphoric acid groups is 1. The van der Waals surface area contributed by atoms with Crippen LogP contribution in [0.3, 0.4) is 0 Å². The van der Waals surface area contributed by atoms with Gasteiger partial charge in [-0.1, -0.05) is 174 Å². The molecule has 2 amide bonds. The van der Waals surface area contributed by atoms with E-state index in [1.807, 2.05) is 0 Å². The number of carbonyl (C=O) groups excluding carboxylic acids is 4. The normalized spacial score (nSPS) is 19.0. The van der Waals surface area contributed by atoms with E-state index < -0.39 is 44.4 Å². The molecule has 62 heavy (non-hydrogen) atoms. The Bertz CT molecular complexity index is 1250. The van der Waals surface area contributed by atoms with Crippen LogP contribution >= 0.6 is 19.6 Å². The van der Waals surface area contributed by atoms with Crippen molar-refractivity contribution in [2.45, 2.75) is 249 Å². The number of nitrogens with two attached hydrogens (primary N) is 1. The predicted octanol–water partition coefficient (Wildman–Crippen LogP) is 11.2. The second kappa shape index (κ2) is 36.5. The lowest BCUT2D eigenvalue weighted by Crippen LogP contribution is -2.36. The minimum absolute atomic E-state index is 0.0793. The van der Waals surface area contributed by atoms with Crippen LogP contribution in [0.5, 0.6) is 0 Å². The van der Waals surface area contributed by atoms with E-state index in [4.69, 9.17) is 24.3 Å². The molecule has 0 radical (unpaired) electrons. The molecular weight excluding hydrogens is 830 g/mol. The molecule has 2 heterocycles. The third-order valence-electron chi connectivity index (χ3n) is 12.1. The maximum Gasteiger partial charge on any atom is 0.473 e. The van der Waals surface area contributed by atoms with Crippen LogP contribution in [-0.2, 0) is 37.5 Å². The van der Waals surface area contributed by atoms with Crippen LogP contribution in [0.4, 0.5) is 4.79 Å². The zero-order chi connectivity index (χ0) is 45.1. The van der Waals surface area contributed by atoms with Crippen LogP contribution in [0.1, 0.15) is 219 Å². The van der Waals surface area contributed by atoms with Crippen LogP contribution in [0.2, 0.25) is 0 Å². The standard InChI is InChI=1S/C47H88N3O10PS/c1-3-5-7-9-11-13-15-17-19-21-23-25-27-33-44(52)57-36-39(59-45(53)34-28-26-24-22-20-18-16-14-12-10-8-6-4-2)37-58-61(55,56)60-42(35-48)41(51)31-29-30-32-43-46-40(38-62-43)49-47(54)50-46/h39-40,42-43,46H,3-38,48H2,1-2H3,(H,55,56)(H2,49,50,54)/t39-,40+,42?,43+,46+/m1/s1. The van der Waals surface area contributed by atoms with Gasteiger partial charge in [-0.3, -0.25) is 23.4 Å². The maximum atomic E-state index is 13.0. The minimum Gasteiger partial charge on any atom is -0.462 e. The van der Waals surface area contributed by atoms with E-state index in [-0.39, 0.29) is 55.8 Å². The van der Waals surface area contributed by atoms with E-state index in [0.29, 0.717) is 19.3 Å². The van der Waals surface area contributed by atoms with Crippen molar-refractivity contribution in [3.8, 4) is 0 Å². The minimum atomic E-state index is -4.82. The fourth-order valence-corrected chi connectivity index (χ4v) is 10.7. The number of phosphoric ester groups is 1. The average Bonchev–Trinajstić information content (AvgIpc) is 3.81.